The Hall–Kier alpha value is -0.900. The zero-order valence-corrected chi connectivity index (χ0v) is 10.2. The van der Waals surface area contributed by atoms with Gasteiger partial charge in [-0.15, -0.1) is 11.3 Å². The first-order valence-corrected chi connectivity index (χ1v) is 6.09. The van der Waals surface area contributed by atoms with Gasteiger partial charge in [0.15, 0.2) is 0 Å². The quantitative estimate of drug-likeness (QED) is 0.841. The first-order valence-electron chi connectivity index (χ1n) is 5.21. The Morgan fingerprint density at radius 3 is 2.73 bits per heavy atom. The van der Waals surface area contributed by atoms with Crippen LogP contribution in [0.3, 0.4) is 0 Å². The molecule has 15 heavy (non-hydrogen) atoms. The lowest BCUT2D eigenvalue weighted by atomic mass is 10.1. The number of thiazole rings is 1. The Balaban J connectivity index is 2.78. The monoisotopic (exact) mass is 227 g/mol. The van der Waals surface area contributed by atoms with Gasteiger partial charge in [-0.25, -0.2) is 4.98 Å². The molecule has 0 fully saturated rings. The van der Waals surface area contributed by atoms with Gasteiger partial charge in [-0.05, 0) is 18.8 Å². The molecule has 1 unspecified atom stereocenters. The lowest BCUT2D eigenvalue weighted by molar-refractivity contribution is -0.138. The van der Waals surface area contributed by atoms with Crippen molar-refractivity contribution in [1.82, 2.24) is 4.98 Å². The highest BCUT2D eigenvalue weighted by Gasteiger charge is 2.21. The molecule has 0 saturated heterocycles. The Bertz CT molecular complexity index is 333. The summed E-state index contributed by atoms with van der Waals surface area (Å²) in [6.45, 7) is 6.14. The van der Waals surface area contributed by atoms with E-state index in [0.717, 1.165) is 17.1 Å². The van der Waals surface area contributed by atoms with Crippen molar-refractivity contribution in [2.75, 3.05) is 0 Å². The number of aromatic nitrogens is 1. The van der Waals surface area contributed by atoms with Gasteiger partial charge in [-0.3, -0.25) is 4.79 Å². The number of hydrogen-bond acceptors (Lipinski definition) is 3. The van der Waals surface area contributed by atoms with Crippen LogP contribution >= 0.6 is 11.3 Å². The summed E-state index contributed by atoms with van der Waals surface area (Å²) in [5.74, 6) is -0.649. The van der Waals surface area contributed by atoms with E-state index in [4.69, 9.17) is 5.11 Å². The molecular formula is C11H17NO2S. The number of carboxylic acid groups (broad SMARTS) is 1. The van der Waals surface area contributed by atoms with E-state index >= 15 is 0 Å². The van der Waals surface area contributed by atoms with Gasteiger partial charge in [0.1, 0.15) is 10.9 Å². The molecule has 0 aliphatic carbocycles. The predicted octanol–water partition coefficient (Wildman–Crippen LogP) is 2.92. The van der Waals surface area contributed by atoms with Gasteiger partial charge in [0, 0.05) is 5.38 Å². The van der Waals surface area contributed by atoms with E-state index in [1.165, 1.54) is 11.3 Å². The van der Waals surface area contributed by atoms with Crippen LogP contribution in [0.4, 0.5) is 0 Å². The fourth-order valence-electron chi connectivity index (χ4n) is 1.45. The third-order valence-electron chi connectivity index (χ3n) is 2.19. The molecule has 0 bridgehead atoms. The summed E-state index contributed by atoms with van der Waals surface area (Å²) in [5.41, 5.74) is 1.02. The molecule has 1 atom stereocenters. The SMILES string of the molecule is CCC(C(=O)O)c1nc(CC(C)C)cs1. The molecule has 1 aromatic heterocycles. The van der Waals surface area contributed by atoms with Gasteiger partial charge in [0.05, 0.1) is 5.69 Å². The van der Waals surface area contributed by atoms with Gasteiger partial charge in [-0.2, -0.15) is 0 Å². The maximum Gasteiger partial charge on any atom is 0.313 e. The normalized spacial score (nSPS) is 13.1. The summed E-state index contributed by atoms with van der Waals surface area (Å²) in [5, 5.41) is 11.7. The summed E-state index contributed by atoms with van der Waals surface area (Å²) >= 11 is 1.46. The smallest absolute Gasteiger partial charge is 0.313 e. The molecule has 3 nitrogen and oxygen atoms in total. The molecule has 0 saturated carbocycles. The largest absolute Gasteiger partial charge is 0.481 e. The number of hydrogen-bond donors (Lipinski definition) is 1. The summed E-state index contributed by atoms with van der Waals surface area (Å²) in [6, 6.07) is 0. The van der Waals surface area contributed by atoms with Gasteiger partial charge in [0.2, 0.25) is 0 Å². The molecule has 1 N–H and O–H groups in total. The number of nitrogens with zero attached hydrogens (tertiary/aromatic N) is 1. The summed E-state index contributed by atoms with van der Waals surface area (Å²) < 4.78 is 0. The lowest BCUT2D eigenvalue weighted by Gasteiger charge is -2.05. The molecule has 0 spiro atoms. The molecule has 1 heterocycles. The van der Waals surface area contributed by atoms with E-state index in [9.17, 15) is 4.79 Å². The second-order valence-electron chi connectivity index (χ2n) is 4.07. The number of aliphatic carboxylic acids is 1. The fourth-order valence-corrected chi connectivity index (χ4v) is 2.46. The Morgan fingerprint density at radius 1 is 1.60 bits per heavy atom. The molecule has 1 rings (SSSR count). The van der Waals surface area contributed by atoms with Crippen LogP contribution in [0.25, 0.3) is 0 Å². The van der Waals surface area contributed by atoms with Crippen LogP contribution in [0.5, 0.6) is 0 Å². The fraction of sp³-hybridized carbons (Fsp3) is 0.636. The van der Waals surface area contributed by atoms with Gasteiger partial charge >= 0.3 is 5.97 Å². The van der Waals surface area contributed by atoms with Crippen molar-refractivity contribution in [3.05, 3.63) is 16.1 Å². The van der Waals surface area contributed by atoms with E-state index in [1.807, 2.05) is 12.3 Å². The number of carbonyl (C=O) groups is 1. The molecular weight excluding hydrogens is 210 g/mol. The zero-order chi connectivity index (χ0) is 11.4. The Kier molecular flexibility index (Phi) is 4.27. The maximum atomic E-state index is 10.9. The number of carboxylic acids is 1. The van der Waals surface area contributed by atoms with Crippen molar-refractivity contribution in [2.24, 2.45) is 5.92 Å². The Labute approximate surface area is 94.2 Å². The molecule has 84 valence electrons. The molecule has 0 aliphatic heterocycles. The second-order valence-corrected chi connectivity index (χ2v) is 4.96. The van der Waals surface area contributed by atoms with Crippen molar-refractivity contribution in [1.29, 1.82) is 0 Å². The molecule has 1 aromatic rings. The minimum absolute atomic E-state index is 0.434. The van der Waals surface area contributed by atoms with Crippen LogP contribution in [-0.4, -0.2) is 16.1 Å². The Morgan fingerprint density at radius 2 is 2.27 bits per heavy atom. The van der Waals surface area contributed by atoms with Crippen molar-refractivity contribution < 1.29 is 9.90 Å². The van der Waals surface area contributed by atoms with Crippen LogP contribution in [0.2, 0.25) is 0 Å². The van der Waals surface area contributed by atoms with Gasteiger partial charge < -0.3 is 5.11 Å². The first kappa shape index (κ1) is 12.2. The van der Waals surface area contributed by atoms with Crippen molar-refractivity contribution in [3.63, 3.8) is 0 Å². The average molecular weight is 227 g/mol. The topological polar surface area (TPSA) is 50.2 Å². The van der Waals surface area contributed by atoms with Crippen LogP contribution in [0.1, 0.15) is 43.8 Å². The maximum absolute atomic E-state index is 10.9. The second kappa shape index (κ2) is 5.26. The molecule has 0 aromatic carbocycles. The van der Waals surface area contributed by atoms with Crippen LogP contribution < -0.4 is 0 Å². The molecule has 4 heteroatoms. The van der Waals surface area contributed by atoms with Crippen molar-refractivity contribution in [3.8, 4) is 0 Å². The highest BCUT2D eigenvalue weighted by atomic mass is 32.1. The van der Waals surface area contributed by atoms with Crippen LogP contribution in [-0.2, 0) is 11.2 Å². The van der Waals surface area contributed by atoms with Crippen LogP contribution in [0, 0.1) is 5.92 Å². The highest BCUT2D eigenvalue weighted by molar-refractivity contribution is 7.09. The number of rotatable bonds is 5. The van der Waals surface area contributed by atoms with Gasteiger partial charge in [-0.1, -0.05) is 20.8 Å². The minimum atomic E-state index is -0.775. The van der Waals surface area contributed by atoms with Crippen molar-refractivity contribution in [2.45, 2.75) is 39.5 Å². The van der Waals surface area contributed by atoms with Crippen LogP contribution in [0.15, 0.2) is 5.38 Å². The third-order valence-corrected chi connectivity index (χ3v) is 3.20. The first-order chi connectivity index (χ1) is 7.04. The van der Waals surface area contributed by atoms with Crippen molar-refractivity contribution >= 4 is 17.3 Å². The highest BCUT2D eigenvalue weighted by Crippen LogP contribution is 2.24. The van der Waals surface area contributed by atoms with E-state index in [0.29, 0.717) is 12.3 Å². The molecule has 0 amide bonds. The standard InChI is InChI=1S/C11H17NO2S/c1-4-9(11(13)14)10-12-8(6-15-10)5-7(2)3/h6-7,9H,4-5H2,1-3H3,(H,13,14). The van der Waals surface area contributed by atoms with E-state index in [2.05, 4.69) is 18.8 Å². The van der Waals surface area contributed by atoms with E-state index in [-0.39, 0.29) is 0 Å². The summed E-state index contributed by atoms with van der Waals surface area (Å²) in [4.78, 5) is 15.3. The third kappa shape index (κ3) is 3.30. The summed E-state index contributed by atoms with van der Waals surface area (Å²) in [7, 11) is 0. The predicted molar refractivity (Wildman–Crippen MR) is 61.3 cm³/mol. The van der Waals surface area contributed by atoms with Gasteiger partial charge in [0.25, 0.3) is 0 Å². The minimum Gasteiger partial charge on any atom is -0.481 e. The zero-order valence-electron chi connectivity index (χ0n) is 9.36. The lowest BCUT2D eigenvalue weighted by Crippen LogP contribution is -2.10. The molecule has 0 radical (unpaired) electrons. The van der Waals surface area contributed by atoms with E-state index < -0.39 is 11.9 Å². The average Bonchev–Trinajstić information content (AvgIpc) is 2.52. The summed E-state index contributed by atoms with van der Waals surface area (Å²) in [6.07, 6.45) is 1.52. The van der Waals surface area contributed by atoms with E-state index in [1.54, 1.807) is 0 Å². The molecule has 0 aliphatic rings.